The molecule has 0 saturated carbocycles. The molecule has 1 heteroatoms. The van der Waals surface area contributed by atoms with Gasteiger partial charge in [-0.05, 0) is 46.8 Å². The third-order valence-electron chi connectivity index (χ3n) is 4.37. The molecule has 19 heavy (non-hydrogen) atoms. The molecule has 0 fully saturated rings. The number of aryl methyl sites for hydroxylation is 1. The second-order valence-corrected chi connectivity index (χ2v) is 8.32. The Labute approximate surface area is 119 Å². The van der Waals surface area contributed by atoms with Gasteiger partial charge in [0.2, 0.25) is 0 Å². The van der Waals surface area contributed by atoms with Crippen molar-refractivity contribution in [3.63, 3.8) is 0 Å². The summed E-state index contributed by atoms with van der Waals surface area (Å²) in [6, 6.07) is 6.06. The molecule has 0 aromatic heterocycles. The van der Waals surface area contributed by atoms with Crippen LogP contribution >= 0.6 is 0 Å². The molecular weight excluding hydrogens is 232 g/mol. The van der Waals surface area contributed by atoms with Gasteiger partial charge in [0.25, 0.3) is 0 Å². The average Bonchev–Trinajstić information content (AvgIpc) is 2.17. The van der Waals surface area contributed by atoms with Gasteiger partial charge >= 0.3 is 0 Å². The van der Waals surface area contributed by atoms with Crippen LogP contribution in [0.3, 0.4) is 0 Å². The largest absolute Gasteiger partial charge is 0.508 e. The summed E-state index contributed by atoms with van der Waals surface area (Å²) in [5, 5.41) is 9.74. The molecule has 1 N–H and O–H groups in total. The van der Waals surface area contributed by atoms with Crippen LogP contribution in [0.1, 0.15) is 66.0 Å². The molecule has 0 amide bonds. The molecule has 0 aliphatic rings. The van der Waals surface area contributed by atoms with Gasteiger partial charge in [-0.15, -0.1) is 0 Å². The van der Waals surface area contributed by atoms with E-state index in [4.69, 9.17) is 0 Å². The van der Waals surface area contributed by atoms with Crippen LogP contribution in [-0.4, -0.2) is 5.11 Å². The van der Waals surface area contributed by atoms with Crippen LogP contribution < -0.4 is 0 Å². The molecule has 0 bridgehead atoms. The van der Waals surface area contributed by atoms with E-state index >= 15 is 0 Å². The standard InChI is InChI=1S/C18H30O/c1-13-11-14(9-10-15(13)19)18(8,17(5,6)7)12-16(2,3)4/h9-11,19H,12H2,1-8H3. The molecular formula is C18H30O. The highest BCUT2D eigenvalue weighted by Crippen LogP contribution is 2.48. The predicted molar refractivity (Wildman–Crippen MR) is 83.7 cm³/mol. The summed E-state index contributed by atoms with van der Waals surface area (Å²) in [4.78, 5) is 0. The molecule has 0 aliphatic carbocycles. The molecule has 1 nitrogen and oxygen atoms in total. The number of rotatable bonds is 2. The van der Waals surface area contributed by atoms with Crippen LogP contribution in [-0.2, 0) is 5.41 Å². The minimum atomic E-state index is 0.0870. The molecule has 0 saturated heterocycles. The van der Waals surface area contributed by atoms with Crippen molar-refractivity contribution in [3.8, 4) is 5.75 Å². The quantitative estimate of drug-likeness (QED) is 0.752. The first-order valence-electron chi connectivity index (χ1n) is 7.17. The van der Waals surface area contributed by atoms with Crippen molar-refractivity contribution in [1.82, 2.24) is 0 Å². The first kappa shape index (κ1) is 16.1. The second-order valence-electron chi connectivity index (χ2n) is 8.32. The molecule has 0 aliphatic heterocycles. The van der Waals surface area contributed by atoms with E-state index in [0.717, 1.165) is 12.0 Å². The Bertz CT molecular complexity index is 446. The van der Waals surface area contributed by atoms with Crippen LogP contribution in [0.25, 0.3) is 0 Å². The zero-order valence-electron chi connectivity index (χ0n) is 13.9. The summed E-state index contributed by atoms with van der Waals surface area (Å²) in [6.45, 7) is 18.1. The van der Waals surface area contributed by atoms with Gasteiger partial charge < -0.3 is 5.11 Å². The fourth-order valence-electron chi connectivity index (χ4n) is 2.86. The van der Waals surface area contributed by atoms with E-state index in [1.807, 2.05) is 13.0 Å². The van der Waals surface area contributed by atoms with E-state index in [-0.39, 0.29) is 16.2 Å². The van der Waals surface area contributed by atoms with Crippen LogP contribution in [0.4, 0.5) is 0 Å². The fourth-order valence-corrected chi connectivity index (χ4v) is 2.86. The van der Waals surface area contributed by atoms with Crippen LogP contribution in [0.2, 0.25) is 0 Å². The van der Waals surface area contributed by atoms with E-state index in [1.54, 1.807) is 0 Å². The zero-order valence-corrected chi connectivity index (χ0v) is 13.9. The number of aromatic hydroxyl groups is 1. The monoisotopic (exact) mass is 262 g/mol. The predicted octanol–water partition coefficient (Wildman–Crippen LogP) is 5.44. The van der Waals surface area contributed by atoms with Gasteiger partial charge in [-0.25, -0.2) is 0 Å². The van der Waals surface area contributed by atoms with Crippen molar-refractivity contribution in [2.24, 2.45) is 10.8 Å². The highest BCUT2D eigenvalue weighted by Gasteiger charge is 2.41. The maximum atomic E-state index is 9.74. The van der Waals surface area contributed by atoms with E-state index < -0.39 is 0 Å². The van der Waals surface area contributed by atoms with Gasteiger partial charge in [0.05, 0.1) is 0 Å². The first-order valence-corrected chi connectivity index (χ1v) is 7.17. The van der Waals surface area contributed by atoms with Gasteiger partial charge in [0.1, 0.15) is 5.75 Å². The van der Waals surface area contributed by atoms with E-state index in [2.05, 4.69) is 60.6 Å². The Morgan fingerprint density at radius 3 is 1.84 bits per heavy atom. The molecule has 0 radical (unpaired) electrons. The number of hydrogen-bond donors (Lipinski definition) is 1. The van der Waals surface area contributed by atoms with Crippen molar-refractivity contribution in [2.75, 3.05) is 0 Å². The lowest BCUT2D eigenvalue weighted by Gasteiger charge is -2.46. The second kappa shape index (κ2) is 4.85. The van der Waals surface area contributed by atoms with E-state index in [0.29, 0.717) is 5.75 Å². The molecule has 0 heterocycles. The third-order valence-corrected chi connectivity index (χ3v) is 4.37. The lowest BCUT2D eigenvalue weighted by Crippen LogP contribution is -2.40. The molecule has 108 valence electrons. The number of benzene rings is 1. The van der Waals surface area contributed by atoms with Gasteiger partial charge in [-0.3, -0.25) is 0 Å². The zero-order chi connectivity index (χ0) is 15.1. The molecule has 1 aromatic carbocycles. The molecule has 1 rings (SSSR count). The highest BCUT2D eigenvalue weighted by molar-refractivity contribution is 5.39. The van der Waals surface area contributed by atoms with Crippen LogP contribution in [0.5, 0.6) is 5.75 Å². The number of phenolic OH excluding ortho intramolecular Hbond substituents is 1. The maximum absolute atomic E-state index is 9.74. The minimum absolute atomic E-state index is 0.0870. The first-order chi connectivity index (χ1) is 8.37. The van der Waals surface area contributed by atoms with Gasteiger partial charge in [0, 0.05) is 0 Å². The van der Waals surface area contributed by atoms with Crippen LogP contribution in [0.15, 0.2) is 18.2 Å². The van der Waals surface area contributed by atoms with Crippen molar-refractivity contribution in [3.05, 3.63) is 29.3 Å². The minimum Gasteiger partial charge on any atom is -0.508 e. The smallest absolute Gasteiger partial charge is 0.118 e. The Morgan fingerprint density at radius 1 is 0.947 bits per heavy atom. The van der Waals surface area contributed by atoms with Crippen molar-refractivity contribution in [1.29, 1.82) is 0 Å². The summed E-state index contributed by atoms with van der Waals surface area (Å²) in [5.41, 5.74) is 2.81. The fraction of sp³-hybridized carbons (Fsp3) is 0.667. The Morgan fingerprint density at radius 2 is 1.47 bits per heavy atom. The summed E-state index contributed by atoms with van der Waals surface area (Å²) in [7, 11) is 0. The summed E-state index contributed by atoms with van der Waals surface area (Å²) in [5.74, 6) is 0.385. The topological polar surface area (TPSA) is 20.2 Å². The maximum Gasteiger partial charge on any atom is 0.118 e. The Hall–Kier alpha value is -0.980. The molecule has 1 unspecified atom stereocenters. The van der Waals surface area contributed by atoms with E-state index in [9.17, 15) is 5.11 Å². The SMILES string of the molecule is Cc1cc(C(C)(CC(C)(C)C)C(C)(C)C)ccc1O. The normalized spacial score (nSPS) is 16.2. The van der Waals surface area contributed by atoms with Gasteiger partial charge in [-0.1, -0.05) is 60.6 Å². The highest BCUT2D eigenvalue weighted by atomic mass is 16.3. The van der Waals surface area contributed by atoms with Gasteiger partial charge in [0.15, 0.2) is 0 Å². The summed E-state index contributed by atoms with van der Waals surface area (Å²) >= 11 is 0. The summed E-state index contributed by atoms with van der Waals surface area (Å²) < 4.78 is 0. The number of phenols is 1. The molecule has 1 aromatic rings. The third kappa shape index (κ3) is 3.52. The Balaban J connectivity index is 3.35. The van der Waals surface area contributed by atoms with E-state index in [1.165, 1.54) is 5.56 Å². The Kier molecular flexibility index (Phi) is 4.10. The lowest BCUT2D eigenvalue weighted by molar-refractivity contribution is 0.134. The van der Waals surface area contributed by atoms with Crippen molar-refractivity contribution in [2.45, 2.75) is 67.2 Å². The summed E-state index contributed by atoms with van der Waals surface area (Å²) in [6.07, 6.45) is 1.12. The van der Waals surface area contributed by atoms with Crippen LogP contribution in [0, 0.1) is 17.8 Å². The molecule has 0 spiro atoms. The van der Waals surface area contributed by atoms with Crippen molar-refractivity contribution >= 4 is 0 Å². The average molecular weight is 262 g/mol. The van der Waals surface area contributed by atoms with Gasteiger partial charge in [-0.2, -0.15) is 0 Å². The van der Waals surface area contributed by atoms with Crippen molar-refractivity contribution < 1.29 is 5.11 Å². The molecule has 1 atom stereocenters. The lowest BCUT2D eigenvalue weighted by atomic mass is 9.58. The number of hydrogen-bond acceptors (Lipinski definition) is 1.